The van der Waals surface area contributed by atoms with Gasteiger partial charge < -0.3 is 0 Å². The molecule has 0 saturated carbocycles. The van der Waals surface area contributed by atoms with Gasteiger partial charge in [0.25, 0.3) is 0 Å². The van der Waals surface area contributed by atoms with Crippen molar-refractivity contribution in [2.45, 2.75) is 59.5 Å². The minimum Gasteiger partial charge on any atom is -0.251 e. The van der Waals surface area contributed by atoms with Gasteiger partial charge in [-0.25, -0.2) is 0 Å². The highest BCUT2D eigenvalue weighted by molar-refractivity contribution is 7.37. The Bertz CT molecular complexity index is 103. The molecule has 0 radical (unpaired) electrons. The van der Waals surface area contributed by atoms with Crippen molar-refractivity contribution in [3.8, 4) is 0 Å². The molecule has 0 nitrogen and oxygen atoms in total. The van der Waals surface area contributed by atoms with Gasteiger partial charge >= 0.3 is 0 Å². The molecule has 2 heteroatoms. The molecule has 2 unspecified atom stereocenters. The smallest absolute Gasteiger partial charge is 0.0894 e. The lowest BCUT2D eigenvalue weighted by Crippen LogP contribution is -2.17. The summed E-state index contributed by atoms with van der Waals surface area (Å²) in [4.78, 5) is 0. The quantitative estimate of drug-likeness (QED) is 0.470. The molecule has 0 aromatic rings. The standard InChI is InChI=1S/C7H17P.C5H11F/c1-6(8-5)7(2,3)4;1-2-3-4-5-6/h6,8H,1-5H3;2-5H2,1H3. The van der Waals surface area contributed by atoms with Gasteiger partial charge in [-0.3, -0.25) is 4.39 Å². The molecule has 0 aromatic heterocycles. The van der Waals surface area contributed by atoms with Crippen molar-refractivity contribution in [3.63, 3.8) is 0 Å². The monoisotopic (exact) mass is 222 g/mol. The first-order valence-electron chi connectivity index (χ1n) is 5.63. The molecule has 2 atom stereocenters. The highest BCUT2D eigenvalue weighted by atomic mass is 31.1. The maximum absolute atomic E-state index is 11.2. The molecule has 0 aliphatic carbocycles. The first kappa shape index (κ1) is 16.8. The van der Waals surface area contributed by atoms with E-state index in [2.05, 4.69) is 41.3 Å². The largest absolute Gasteiger partial charge is 0.251 e. The molecule has 88 valence electrons. The number of hydrogen-bond donors (Lipinski definition) is 0. The third-order valence-electron chi connectivity index (χ3n) is 2.47. The number of unbranched alkanes of at least 4 members (excludes halogenated alkanes) is 2. The van der Waals surface area contributed by atoms with Crippen LogP contribution in [0.5, 0.6) is 0 Å². The predicted molar refractivity (Wildman–Crippen MR) is 68.7 cm³/mol. The molecule has 0 bridgehead atoms. The van der Waals surface area contributed by atoms with E-state index in [1.807, 2.05) is 0 Å². The third kappa shape index (κ3) is 12.4. The highest BCUT2D eigenvalue weighted by Gasteiger charge is 2.16. The molecule has 0 saturated heterocycles. The van der Waals surface area contributed by atoms with Crippen LogP contribution in [0.3, 0.4) is 0 Å². The van der Waals surface area contributed by atoms with E-state index >= 15 is 0 Å². The molecule has 14 heavy (non-hydrogen) atoms. The summed E-state index contributed by atoms with van der Waals surface area (Å²) in [5.41, 5.74) is 1.40. The Morgan fingerprint density at radius 2 is 1.71 bits per heavy atom. The van der Waals surface area contributed by atoms with E-state index in [-0.39, 0.29) is 6.67 Å². The zero-order chi connectivity index (χ0) is 11.6. The normalized spacial score (nSPS) is 13.9. The molecule has 0 N–H and O–H groups in total. The van der Waals surface area contributed by atoms with Gasteiger partial charge in [0.05, 0.1) is 6.67 Å². The summed E-state index contributed by atoms with van der Waals surface area (Å²) in [6.07, 6.45) is 2.90. The van der Waals surface area contributed by atoms with Crippen molar-refractivity contribution in [1.82, 2.24) is 0 Å². The maximum Gasteiger partial charge on any atom is 0.0894 e. The highest BCUT2D eigenvalue weighted by Crippen LogP contribution is 2.31. The van der Waals surface area contributed by atoms with E-state index in [0.717, 1.165) is 33.5 Å². The van der Waals surface area contributed by atoms with Gasteiger partial charge in [0, 0.05) is 0 Å². The van der Waals surface area contributed by atoms with Crippen LogP contribution in [-0.2, 0) is 0 Å². The topological polar surface area (TPSA) is 0 Å². The average molecular weight is 222 g/mol. The molecule has 0 fully saturated rings. The van der Waals surface area contributed by atoms with E-state index in [1.54, 1.807) is 0 Å². The van der Waals surface area contributed by atoms with Crippen molar-refractivity contribution in [3.05, 3.63) is 0 Å². The molecule has 0 heterocycles. The van der Waals surface area contributed by atoms with Crippen LogP contribution in [0.2, 0.25) is 0 Å². The van der Waals surface area contributed by atoms with Crippen LogP contribution in [0.4, 0.5) is 4.39 Å². The Morgan fingerprint density at radius 3 is 1.79 bits per heavy atom. The van der Waals surface area contributed by atoms with E-state index in [1.165, 1.54) is 0 Å². The second kappa shape index (κ2) is 9.90. The van der Waals surface area contributed by atoms with Crippen LogP contribution in [0.1, 0.15) is 53.9 Å². The second-order valence-corrected chi connectivity index (χ2v) is 6.22. The lowest BCUT2D eigenvalue weighted by atomic mass is 9.93. The Labute approximate surface area is 91.8 Å². The minimum atomic E-state index is -0.145. The summed E-state index contributed by atoms with van der Waals surface area (Å²) in [6.45, 7) is 13.4. The van der Waals surface area contributed by atoms with Gasteiger partial charge in [-0.15, -0.1) is 8.58 Å². The van der Waals surface area contributed by atoms with E-state index in [0.29, 0.717) is 5.41 Å². The van der Waals surface area contributed by atoms with Crippen LogP contribution in [0.25, 0.3) is 0 Å². The fourth-order valence-corrected chi connectivity index (χ4v) is 1.64. The molecule has 0 aromatic carbocycles. The lowest BCUT2D eigenvalue weighted by Gasteiger charge is -2.25. The predicted octanol–water partition coefficient (Wildman–Crippen LogP) is 4.88. The van der Waals surface area contributed by atoms with Crippen molar-refractivity contribution >= 4 is 8.58 Å². The second-order valence-electron chi connectivity index (χ2n) is 4.77. The number of rotatable bonds is 4. The summed E-state index contributed by atoms with van der Waals surface area (Å²) in [7, 11) is 1.08. The zero-order valence-electron chi connectivity index (χ0n) is 10.8. The molecular weight excluding hydrogens is 194 g/mol. The summed E-state index contributed by atoms with van der Waals surface area (Å²) < 4.78 is 11.2. The fraction of sp³-hybridized carbons (Fsp3) is 1.00. The van der Waals surface area contributed by atoms with Crippen LogP contribution in [-0.4, -0.2) is 19.0 Å². The van der Waals surface area contributed by atoms with E-state index < -0.39 is 0 Å². The van der Waals surface area contributed by atoms with Gasteiger partial charge in [-0.05, 0) is 24.2 Å². The first-order chi connectivity index (χ1) is 6.40. The van der Waals surface area contributed by atoms with Gasteiger partial charge in [0.15, 0.2) is 0 Å². The molecule has 0 amide bonds. The van der Waals surface area contributed by atoms with Crippen LogP contribution < -0.4 is 0 Å². The molecule has 0 spiro atoms. The molecule has 0 aliphatic heterocycles. The summed E-state index contributed by atoms with van der Waals surface area (Å²) in [5, 5.41) is 0. The van der Waals surface area contributed by atoms with Gasteiger partial charge in [0.1, 0.15) is 0 Å². The Balaban J connectivity index is 0. The summed E-state index contributed by atoms with van der Waals surface area (Å²) in [6, 6.07) is 0. The maximum atomic E-state index is 11.2. The van der Waals surface area contributed by atoms with Crippen LogP contribution in [0.15, 0.2) is 0 Å². The molecule has 0 rings (SSSR count). The van der Waals surface area contributed by atoms with E-state index in [4.69, 9.17) is 0 Å². The van der Waals surface area contributed by atoms with Crippen molar-refractivity contribution in [2.75, 3.05) is 13.3 Å². The SMILES string of the molecule is CCCCCF.CPC(C)C(C)(C)C. The van der Waals surface area contributed by atoms with Gasteiger partial charge in [-0.2, -0.15) is 0 Å². The fourth-order valence-electron chi connectivity index (χ4n) is 0.778. The average Bonchev–Trinajstić information content (AvgIpc) is 2.12. The summed E-state index contributed by atoms with van der Waals surface area (Å²) in [5.74, 6) is 0. The molecular formula is C12H28FP. The van der Waals surface area contributed by atoms with Crippen molar-refractivity contribution in [2.24, 2.45) is 5.41 Å². The minimum absolute atomic E-state index is 0.145. The van der Waals surface area contributed by atoms with Crippen LogP contribution >= 0.6 is 8.58 Å². The van der Waals surface area contributed by atoms with E-state index in [9.17, 15) is 4.39 Å². The first-order valence-corrected chi connectivity index (χ1v) is 7.21. The number of halogens is 1. The Hall–Kier alpha value is 0.360. The third-order valence-corrected chi connectivity index (χ3v) is 4.20. The van der Waals surface area contributed by atoms with Gasteiger partial charge in [0.2, 0.25) is 0 Å². The Morgan fingerprint density at radius 1 is 1.21 bits per heavy atom. The number of alkyl halides is 1. The molecule has 0 aliphatic rings. The summed E-state index contributed by atoms with van der Waals surface area (Å²) >= 11 is 0. The lowest BCUT2D eigenvalue weighted by molar-refractivity contribution is 0.409. The zero-order valence-corrected chi connectivity index (χ0v) is 11.8. The Kier molecular flexibility index (Phi) is 11.9. The van der Waals surface area contributed by atoms with Crippen molar-refractivity contribution < 1.29 is 4.39 Å². The number of hydrogen-bond acceptors (Lipinski definition) is 0. The van der Waals surface area contributed by atoms with Crippen LogP contribution in [0, 0.1) is 5.41 Å². The van der Waals surface area contributed by atoms with Gasteiger partial charge in [-0.1, -0.05) is 47.5 Å². The van der Waals surface area contributed by atoms with Crippen molar-refractivity contribution in [1.29, 1.82) is 0 Å².